The molecule has 3 rings (SSSR count). The first kappa shape index (κ1) is 20.3. The summed E-state index contributed by atoms with van der Waals surface area (Å²) in [5.41, 5.74) is 8.01. The predicted molar refractivity (Wildman–Crippen MR) is 109 cm³/mol. The summed E-state index contributed by atoms with van der Waals surface area (Å²) >= 11 is 0. The van der Waals surface area contributed by atoms with Crippen molar-refractivity contribution in [1.29, 1.82) is 0 Å². The number of nitrogen functional groups attached to an aromatic ring is 1. The van der Waals surface area contributed by atoms with Crippen LogP contribution in [0.15, 0.2) is 36.5 Å². The first-order valence-electron chi connectivity index (χ1n) is 9.22. The van der Waals surface area contributed by atoms with E-state index in [1.54, 1.807) is 48.9 Å². The van der Waals surface area contributed by atoms with Gasteiger partial charge in [0.05, 0.1) is 12.2 Å². The van der Waals surface area contributed by atoms with Gasteiger partial charge in [-0.2, -0.15) is 0 Å². The lowest BCUT2D eigenvalue weighted by Crippen LogP contribution is -2.17. The minimum atomic E-state index is -0.471. The van der Waals surface area contributed by atoms with Crippen molar-refractivity contribution >= 4 is 34.7 Å². The molecular weight excluding hydrogens is 374 g/mol. The standard InChI is InChI=1S/C20H23N5O4/c1-3-29-19(27)14-11-16-17(22-12-14)25(8-5-9-28-2)20(23-16)24-18(26)13-6-4-7-15(21)10-13/h4,6-7,10-12H,3,5,8-9,21H2,1-2H3,(H,23,24,26). The summed E-state index contributed by atoms with van der Waals surface area (Å²) in [4.78, 5) is 33.5. The number of imidazole rings is 1. The zero-order valence-electron chi connectivity index (χ0n) is 16.3. The lowest BCUT2D eigenvalue weighted by atomic mass is 10.2. The van der Waals surface area contributed by atoms with Crippen LogP contribution in [0.4, 0.5) is 11.6 Å². The van der Waals surface area contributed by atoms with Crippen LogP contribution in [0.1, 0.15) is 34.1 Å². The van der Waals surface area contributed by atoms with Crippen LogP contribution in [0.3, 0.4) is 0 Å². The van der Waals surface area contributed by atoms with Gasteiger partial charge in [0, 0.05) is 37.7 Å². The van der Waals surface area contributed by atoms with Crippen molar-refractivity contribution < 1.29 is 19.1 Å². The number of nitrogens with two attached hydrogens (primary N) is 1. The number of fused-ring (bicyclic) bond motifs is 1. The number of hydrogen-bond donors (Lipinski definition) is 2. The first-order chi connectivity index (χ1) is 14.0. The van der Waals surface area contributed by atoms with E-state index in [4.69, 9.17) is 15.2 Å². The number of nitrogens with one attached hydrogen (secondary N) is 1. The molecule has 29 heavy (non-hydrogen) atoms. The van der Waals surface area contributed by atoms with Crippen LogP contribution in [0.2, 0.25) is 0 Å². The third kappa shape index (κ3) is 4.69. The Balaban J connectivity index is 1.95. The van der Waals surface area contributed by atoms with Crippen LogP contribution in [0.25, 0.3) is 11.2 Å². The fourth-order valence-electron chi connectivity index (χ4n) is 2.86. The van der Waals surface area contributed by atoms with Gasteiger partial charge in [0.2, 0.25) is 5.95 Å². The summed E-state index contributed by atoms with van der Waals surface area (Å²) in [6.45, 7) is 3.08. The Morgan fingerprint density at radius 1 is 1.24 bits per heavy atom. The highest BCUT2D eigenvalue weighted by Crippen LogP contribution is 2.21. The number of carbonyl (C=O) groups excluding carboxylic acids is 2. The minimum absolute atomic E-state index is 0.268. The van der Waals surface area contributed by atoms with Gasteiger partial charge in [-0.1, -0.05) is 6.07 Å². The van der Waals surface area contributed by atoms with E-state index in [1.165, 1.54) is 6.20 Å². The van der Waals surface area contributed by atoms with E-state index in [9.17, 15) is 9.59 Å². The van der Waals surface area contributed by atoms with Crippen LogP contribution in [0.5, 0.6) is 0 Å². The summed E-state index contributed by atoms with van der Waals surface area (Å²) in [5.74, 6) is -0.482. The Labute approximate surface area is 167 Å². The van der Waals surface area contributed by atoms with Crippen LogP contribution in [-0.4, -0.2) is 46.7 Å². The molecule has 1 aromatic carbocycles. The van der Waals surface area contributed by atoms with Gasteiger partial charge in [0.25, 0.3) is 5.91 Å². The van der Waals surface area contributed by atoms with Gasteiger partial charge in [-0.15, -0.1) is 0 Å². The Bertz CT molecular complexity index is 1030. The van der Waals surface area contributed by atoms with Gasteiger partial charge in [-0.05, 0) is 37.6 Å². The third-order valence-corrected chi connectivity index (χ3v) is 4.20. The molecule has 2 heterocycles. The number of aromatic nitrogens is 3. The first-order valence-corrected chi connectivity index (χ1v) is 9.22. The maximum atomic E-state index is 12.6. The van der Waals surface area contributed by atoms with E-state index < -0.39 is 5.97 Å². The summed E-state index contributed by atoms with van der Waals surface area (Å²) in [7, 11) is 1.62. The highest BCUT2D eigenvalue weighted by Gasteiger charge is 2.17. The maximum Gasteiger partial charge on any atom is 0.339 e. The number of esters is 1. The number of hydrogen-bond acceptors (Lipinski definition) is 7. The second-order valence-corrected chi connectivity index (χ2v) is 6.30. The zero-order chi connectivity index (χ0) is 20.8. The van der Waals surface area contributed by atoms with E-state index in [0.29, 0.717) is 53.5 Å². The molecule has 0 radical (unpaired) electrons. The van der Waals surface area contributed by atoms with Gasteiger partial charge in [-0.25, -0.2) is 14.8 Å². The number of anilines is 2. The van der Waals surface area contributed by atoms with Gasteiger partial charge in [0.15, 0.2) is 5.65 Å². The molecule has 2 aromatic heterocycles. The summed E-state index contributed by atoms with van der Waals surface area (Å²) in [6, 6.07) is 8.27. The average Bonchev–Trinajstić information content (AvgIpc) is 3.04. The van der Waals surface area contributed by atoms with Crippen molar-refractivity contribution in [3.8, 4) is 0 Å². The van der Waals surface area contributed by atoms with Gasteiger partial charge in [0.1, 0.15) is 5.52 Å². The number of ether oxygens (including phenoxy) is 2. The Hall–Kier alpha value is -3.46. The largest absolute Gasteiger partial charge is 0.462 e. The number of benzene rings is 1. The maximum absolute atomic E-state index is 12.6. The van der Waals surface area contributed by atoms with Crippen LogP contribution < -0.4 is 11.1 Å². The Morgan fingerprint density at radius 2 is 2.07 bits per heavy atom. The molecule has 0 spiro atoms. The molecule has 152 valence electrons. The highest BCUT2D eigenvalue weighted by molar-refractivity contribution is 6.04. The molecule has 3 N–H and O–H groups in total. The summed E-state index contributed by atoms with van der Waals surface area (Å²) in [5, 5.41) is 2.80. The second-order valence-electron chi connectivity index (χ2n) is 6.30. The lowest BCUT2D eigenvalue weighted by Gasteiger charge is -2.10. The molecule has 0 atom stereocenters. The number of methoxy groups -OCH3 is 1. The monoisotopic (exact) mass is 397 g/mol. The van der Waals surface area contributed by atoms with E-state index in [-0.39, 0.29) is 12.5 Å². The van der Waals surface area contributed by atoms with E-state index in [1.807, 2.05) is 0 Å². The molecule has 1 amide bonds. The fourth-order valence-corrected chi connectivity index (χ4v) is 2.86. The van der Waals surface area contributed by atoms with Gasteiger partial charge < -0.3 is 15.2 Å². The highest BCUT2D eigenvalue weighted by atomic mass is 16.5. The number of rotatable bonds is 8. The molecule has 0 unspecified atom stereocenters. The lowest BCUT2D eigenvalue weighted by molar-refractivity contribution is 0.0526. The number of pyridine rings is 1. The fraction of sp³-hybridized carbons (Fsp3) is 0.300. The SMILES string of the molecule is CCOC(=O)c1cnc2c(c1)nc(NC(=O)c1cccc(N)c1)n2CCCOC. The van der Waals surface area contributed by atoms with Crippen molar-refractivity contribution in [2.24, 2.45) is 0 Å². The number of carbonyl (C=O) groups is 2. The van der Waals surface area contributed by atoms with Gasteiger partial charge in [-0.3, -0.25) is 14.7 Å². The smallest absolute Gasteiger partial charge is 0.339 e. The Morgan fingerprint density at radius 3 is 2.79 bits per heavy atom. The van der Waals surface area contributed by atoms with Crippen molar-refractivity contribution in [1.82, 2.24) is 14.5 Å². The van der Waals surface area contributed by atoms with Gasteiger partial charge >= 0.3 is 5.97 Å². The predicted octanol–water partition coefficient (Wildman–Crippen LogP) is 2.48. The van der Waals surface area contributed by atoms with Crippen LogP contribution in [0, 0.1) is 0 Å². The molecule has 0 aliphatic heterocycles. The molecule has 0 aliphatic rings. The van der Waals surface area contributed by atoms with Crippen molar-refractivity contribution in [3.05, 3.63) is 47.7 Å². The second kappa shape index (κ2) is 9.16. The molecule has 9 nitrogen and oxygen atoms in total. The van der Waals surface area contributed by atoms with Crippen molar-refractivity contribution in [2.45, 2.75) is 19.9 Å². The van der Waals surface area contributed by atoms with Crippen LogP contribution >= 0.6 is 0 Å². The average molecular weight is 397 g/mol. The van der Waals surface area contributed by atoms with E-state index in [2.05, 4.69) is 15.3 Å². The van der Waals surface area contributed by atoms with Crippen molar-refractivity contribution in [2.75, 3.05) is 31.4 Å². The topological polar surface area (TPSA) is 121 Å². The number of amides is 1. The number of aryl methyl sites for hydroxylation is 1. The number of nitrogens with zero attached hydrogens (tertiary/aromatic N) is 3. The van der Waals surface area contributed by atoms with E-state index >= 15 is 0 Å². The molecule has 0 aliphatic carbocycles. The molecular formula is C20H23N5O4. The van der Waals surface area contributed by atoms with Crippen molar-refractivity contribution in [3.63, 3.8) is 0 Å². The van der Waals surface area contributed by atoms with Crippen LogP contribution in [-0.2, 0) is 16.0 Å². The molecule has 0 bridgehead atoms. The normalized spacial score (nSPS) is 10.8. The molecule has 0 saturated heterocycles. The molecule has 9 heteroatoms. The quantitative estimate of drug-likeness (QED) is 0.340. The van der Waals surface area contributed by atoms with E-state index in [0.717, 1.165) is 0 Å². The third-order valence-electron chi connectivity index (χ3n) is 4.20. The summed E-state index contributed by atoms with van der Waals surface area (Å²) < 4.78 is 11.9. The minimum Gasteiger partial charge on any atom is -0.462 e. The molecule has 0 saturated carbocycles. The summed E-state index contributed by atoms with van der Waals surface area (Å²) in [6.07, 6.45) is 2.14. The zero-order valence-corrected chi connectivity index (χ0v) is 16.3. The molecule has 3 aromatic rings. The molecule has 0 fully saturated rings. The Kier molecular flexibility index (Phi) is 6.40.